The van der Waals surface area contributed by atoms with Crippen LogP contribution in [-0.4, -0.2) is 66.2 Å². The quantitative estimate of drug-likeness (QED) is 0.0342. The van der Waals surface area contributed by atoms with Crippen LogP contribution in [0, 0.1) is 3.57 Å². The molecule has 13 nitrogen and oxygen atoms in total. The second-order valence-corrected chi connectivity index (χ2v) is 13.9. The number of halogens is 1. The number of nitrogens with one attached hydrogen (secondary N) is 4. The summed E-state index contributed by atoms with van der Waals surface area (Å²) in [7, 11) is 0. The third kappa shape index (κ3) is 13.2. The van der Waals surface area contributed by atoms with Gasteiger partial charge in [-0.25, -0.2) is 0 Å². The zero-order chi connectivity index (χ0) is 38.3. The summed E-state index contributed by atoms with van der Waals surface area (Å²) >= 11 is 2.17. The molecule has 0 aliphatic rings. The third-order valence-electron chi connectivity index (χ3n) is 8.45. The van der Waals surface area contributed by atoms with Crippen LogP contribution in [0.15, 0.2) is 102 Å². The zero-order valence-corrected chi connectivity index (χ0v) is 31.5. The molecule has 0 aliphatic heterocycles. The predicted molar refractivity (Wildman–Crippen MR) is 213 cm³/mol. The van der Waals surface area contributed by atoms with Crippen LogP contribution in [0.5, 0.6) is 0 Å². The molecular weight excluding hydrogens is 787 g/mol. The Morgan fingerprint density at radius 3 is 1.74 bits per heavy atom. The van der Waals surface area contributed by atoms with Gasteiger partial charge in [-0.2, -0.15) is 0 Å². The Balaban J connectivity index is 1.57. The van der Waals surface area contributed by atoms with Gasteiger partial charge < -0.3 is 38.5 Å². The normalized spacial score (nSPS) is 13.1. The van der Waals surface area contributed by atoms with Crippen LogP contribution in [0.1, 0.15) is 36.5 Å². The number of hydrogen-bond donors (Lipinski definition) is 7. The van der Waals surface area contributed by atoms with Gasteiger partial charge in [-0.15, -0.1) is 0 Å². The molecule has 0 fully saturated rings. The van der Waals surface area contributed by atoms with Crippen LogP contribution in [-0.2, 0) is 43.2 Å². The Hall–Kier alpha value is -5.51. The van der Waals surface area contributed by atoms with Crippen molar-refractivity contribution in [3.05, 3.63) is 117 Å². The van der Waals surface area contributed by atoms with Gasteiger partial charge in [0.25, 0.3) is 0 Å². The molecule has 5 amide bonds. The summed E-state index contributed by atoms with van der Waals surface area (Å²) in [6, 6.07) is 25.7. The molecule has 4 atom stereocenters. The molecule has 4 aromatic carbocycles. The van der Waals surface area contributed by atoms with Gasteiger partial charge in [0.15, 0.2) is 5.96 Å². The number of amides is 5. The Kier molecular flexibility index (Phi) is 15.1. The fraction of sp³-hybridized carbons (Fsp3) is 0.282. The van der Waals surface area contributed by atoms with Crippen LogP contribution < -0.4 is 38.5 Å². The molecule has 0 spiro atoms. The number of fused-ring (bicyclic) bond motifs is 1. The fourth-order valence-corrected chi connectivity index (χ4v) is 6.14. The first-order valence-electron chi connectivity index (χ1n) is 17.2. The van der Waals surface area contributed by atoms with E-state index >= 15 is 0 Å². The standard InChI is InChI=1S/C39H45IN8O5/c1-24(49)45-33(21-25-8-3-2-4-9-25)37(52)46-31(12-7-19-44-39(42)43)36(51)48-34(22-26-14-17-30(40)18-15-26)38(53)47-32(35(41)50)23-27-13-16-28-10-5-6-11-29(28)20-27/h2-6,8-11,13-18,20,31-34H,7,12,19,21-23H2,1H3,(H2,41,50)(H,45,49)(H,46,52)(H,47,53)(H,48,51)(H4,42,43,44)/t31-,32-,33-,34+/m0/s1. The summed E-state index contributed by atoms with van der Waals surface area (Å²) in [4.78, 5) is 70.4. The lowest BCUT2D eigenvalue weighted by atomic mass is 10.00. The average molecular weight is 833 g/mol. The van der Waals surface area contributed by atoms with Gasteiger partial charge in [0.1, 0.15) is 24.2 Å². The smallest absolute Gasteiger partial charge is 0.243 e. The van der Waals surface area contributed by atoms with E-state index in [0.717, 1.165) is 31.0 Å². The van der Waals surface area contributed by atoms with Gasteiger partial charge in [-0.05, 0) is 75.0 Å². The highest BCUT2D eigenvalue weighted by Gasteiger charge is 2.31. The molecule has 10 N–H and O–H groups in total. The Morgan fingerprint density at radius 2 is 1.11 bits per heavy atom. The minimum absolute atomic E-state index is 0.0765. The topological polar surface area (TPSA) is 224 Å². The monoisotopic (exact) mass is 832 g/mol. The molecule has 53 heavy (non-hydrogen) atoms. The maximum Gasteiger partial charge on any atom is 0.243 e. The predicted octanol–water partition coefficient (Wildman–Crippen LogP) is 1.97. The number of benzene rings is 4. The molecule has 0 bridgehead atoms. The maximum atomic E-state index is 14.0. The van der Waals surface area contributed by atoms with Crippen molar-refractivity contribution >= 4 is 68.9 Å². The highest BCUT2D eigenvalue weighted by molar-refractivity contribution is 14.1. The van der Waals surface area contributed by atoms with Crippen molar-refractivity contribution in [3.63, 3.8) is 0 Å². The Bertz CT molecular complexity index is 1920. The Morgan fingerprint density at radius 1 is 0.604 bits per heavy atom. The minimum Gasteiger partial charge on any atom is -0.370 e. The van der Waals surface area contributed by atoms with Crippen molar-refractivity contribution in [3.8, 4) is 0 Å². The summed E-state index contributed by atoms with van der Waals surface area (Å²) in [5, 5.41) is 13.0. The first-order chi connectivity index (χ1) is 25.4. The van der Waals surface area contributed by atoms with E-state index in [4.69, 9.17) is 17.2 Å². The van der Waals surface area contributed by atoms with E-state index in [1.807, 2.05) is 97.1 Å². The van der Waals surface area contributed by atoms with Gasteiger partial charge in [0, 0.05) is 36.3 Å². The highest BCUT2D eigenvalue weighted by atomic mass is 127. The lowest BCUT2D eigenvalue weighted by Crippen LogP contribution is -2.59. The number of nitrogens with zero attached hydrogens (tertiary/aromatic N) is 1. The lowest BCUT2D eigenvalue weighted by molar-refractivity contribution is -0.134. The first-order valence-corrected chi connectivity index (χ1v) is 18.2. The molecule has 0 saturated carbocycles. The van der Waals surface area contributed by atoms with E-state index in [2.05, 4.69) is 48.9 Å². The molecule has 0 radical (unpaired) electrons. The fourth-order valence-electron chi connectivity index (χ4n) is 5.78. The molecule has 0 aromatic heterocycles. The van der Waals surface area contributed by atoms with Crippen LogP contribution >= 0.6 is 22.6 Å². The molecule has 14 heteroatoms. The maximum absolute atomic E-state index is 14.0. The molecule has 4 aromatic rings. The Labute approximate surface area is 322 Å². The van der Waals surface area contributed by atoms with Crippen LogP contribution in [0.25, 0.3) is 10.8 Å². The molecule has 278 valence electrons. The molecule has 0 heterocycles. The van der Waals surface area contributed by atoms with Gasteiger partial charge in [0.05, 0.1) is 0 Å². The summed E-state index contributed by atoms with van der Waals surface area (Å²) in [6.07, 6.45) is 0.802. The highest BCUT2D eigenvalue weighted by Crippen LogP contribution is 2.17. The van der Waals surface area contributed by atoms with E-state index < -0.39 is 53.7 Å². The van der Waals surface area contributed by atoms with E-state index in [-0.39, 0.29) is 38.2 Å². The summed E-state index contributed by atoms with van der Waals surface area (Å²) in [5.41, 5.74) is 19.1. The van der Waals surface area contributed by atoms with Crippen molar-refractivity contribution in [2.75, 3.05) is 6.54 Å². The number of nitrogens with two attached hydrogens (primary N) is 3. The third-order valence-corrected chi connectivity index (χ3v) is 9.17. The summed E-state index contributed by atoms with van der Waals surface area (Å²) in [5.74, 6) is -3.15. The van der Waals surface area contributed by atoms with E-state index in [9.17, 15) is 24.0 Å². The van der Waals surface area contributed by atoms with Gasteiger partial charge in [0.2, 0.25) is 29.5 Å². The average Bonchev–Trinajstić information content (AvgIpc) is 3.12. The van der Waals surface area contributed by atoms with E-state index in [1.54, 1.807) is 0 Å². The molecule has 0 saturated heterocycles. The largest absolute Gasteiger partial charge is 0.370 e. The second-order valence-electron chi connectivity index (χ2n) is 12.7. The van der Waals surface area contributed by atoms with Crippen molar-refractivity contribution in [1.29, 1.82) is 0 Å². The minimum atomic E-state index is -1.16. The number of primary amides is 1. The van der Waals surface area contributed by atoms with Gasteiger partial charge in [-0.3, -0.25) is 29.0 Å². The molecule has 0 aliphatic carbocycles. The van der Waals surface area contributed by atoms with Crippen molar-refractivity contribution in [2.24, 2.45) is 22.2 Å². The SMILES string of the molecule is CC(=O)N[C@@H](Cc1ccccc1)C(=O)N[C@@H](CCCN=C(N)N)C(=O)N[C@H](Cc1ccc(I)cc1)C(=O)N[C@@H](Cc1ccc2ccccc2c1)C(N)=O. The number of hydrogen-bond acceptors (Lipinski definition) is 6. The number of rotatable bonds is 18. The number of carbonyl (C=O) groups is 5. The lowest BCUT2D eigenvalue weighted by Gasteiger charge is -2.26. The van der Waals surface area contributed by atoms with Crippen LogP contribution in [0.4, 0.5) is 0 Å². The van der Waals surface area contributed by atoms with Crippen LogP contribution in [0.3, 0.4) is 0 Å². The van der Waals surface area contributed by atoms with Gasteiger partial charge in [-0.1, -0.05) is 84.9 Å². The van der Waals surface area contributed by atoms with E-state index in [0.29, 0.717) is 6.42 Å². The number of guanidine groups is 1. The zero-order valence-electron chi connectivity index (χ0n) is 29.4. The first kappa shape index (κ1) is 40.3. The molecule has 4 rings (SSSR count). The van der Waals surface area contributed by atoms with Crippen LogP contribution in [0.2, 0.25) is 0 Å². The van der Waals surface area contributed by atoms with E-state index in [1.165, 1.54) is 6.92 Å². The molecule has 0 unspecified atom stereocenters. The summed E-state index contributed by atoms with van der Waals surface area (Å²) < 4.78 is 0.980. The van der Waals surface area contributed by atoms with Gasteiger partial charge >= 0.3 is 0 Å². The van der Waals surface area contributed by atoms with Crippen molar-refractivity contribution in [1.82, 2.24) is 21.3 Å². The van der Waals surface area contributed by atoms with Crippen molar-refractivity contribution in [2.45, 2.75) is 63.2 Å². The number of carbonyl (C=O) groups excluding carboxylic acids is 5. The second kappa shape index (κ2) is 19.9. The van der Waals surface area contributed by atoms with Crippen molar-refractivity contribution < 1.29 is 24.0 Å². The molecular formula is C39H45IN8O5. The number of aliphatic imine (C=N–C) groups is 1. The summed E-state index contributed by atoms with van der Waals surface area (Å²) in [6.45, 7) is 1.49.